The van der Waals surface area contributed by atoms with Crippen molar-refractivity contribution in [3.8, 4) is 17.1 Å². The highest BCUT2D eigenvalue weighted by atomic mass is 16.5. The number of primary amides is 1. The number of carbonyl (C=O) groups is 3. The molecular weight excluding hydrogens is 438 g/mol. The third-order valence-electron chi connectivity index (χ3n) is 5.60. The van der Waals surface area contributed by atoms with E-state index in [1.807, 2.05) is 12.1 Å². The number of benzene rings is 1. The summed E-state index contributed by atoms with van der Waals surface area (Å²) < 4.78 is 7.23. The maximum Gasteiger partial charge on any atom is 0.229 e. The molecule has 0 saturated heterocycles. The number of aryl methyl sites for hydroxylation is 1. The zero-order valence-electron chi connectivity index (χ0n) is 19.0. The second-order valence-electron chi connectivity index (χ2n) is 7.99. The number of amides is 2. The first-order valence-corrected chi connectivity index (χ1v) is 10.8. The summed E-state index contributed by atoms with van der Waals surface area (Å²) in [5.74, 6) is -0.633. The van der Waals surface area contributed by atoms with Crippen molar-refractivity contribution in [2.75, 3.05) is 17.7 Å². The number of anilines is 3. The van der Waals surface area contributed by atoms with Crippen LogP contribution in [0.3, 0.4) is 0 Å². The van der Waals surface area contributed by atoms with E-state index in [0.717, 1.165) is 0 Å². The van der Waals surface area contributed by atoms with E-state index in [-0.39, 0.29) is 23.9 Å². The maximum absolute atomic E-state index is 12.6. The zero-order chi connectivity index (χ0) is 24.4. The second-order valence-corrected chi connectivity index (χ2v) is 7.99. The van der Waals surface area contributed by atoms with Crippen molar-refractivity contribution >= 4 is 34.8 Å². The minimum Gasteiger partial charge on any atom is -0.494 e. The smallest absolute Gasteiger partial charge is 0.229 e. The van der Waals surface area contributed by atoms with Crippen molar-refractivity contribution in [1.82, 2.24) is 19.7 Å². The topological polar surface area (TPSA) is 154 Å². The van der Waals surface area contributed by atoms with Gasteiger partial charge in [0.25, 0.3) is 0 Å². The van der Waals surface area contributed by atoms with Gasteiger partial charge in [0, 0.05) is 25.7 Å². The molecular formula is C23H25N7O4. The lowest BCUT2D eigenvalue weighted by Crippen LogP contribution is -2.21. The van der Waals surface area contributed by atoms with Crippen molar-refractivity contribution in [3.63, 3.8) is 0 Å². The van der Waals surface area contributed by atoms with E-state index >= 15 is 0 Å². The average Bonchev–Trinajstić information content (AvgIpc) is 3.53. The number of carbonyl (C=O) groups excluding carboxylic acids is 3. The van der Waals surface area contributed by atoms with E-state index in [2.05, 4.69) is 25.7 Å². The number of nitrogens with two attached hydrogens (primary N) is 1. The fourth-order valence-electron chi connectivity index (χ4n) is 3.70. The number of Topliss-reactive ketones (excluding diaryl/α,β-unsaturated/α-hetero) is 1. The lowest BCUT2D eigenvalue weighted by molar-refractivity contribution is -0.123. The normalized spacial score (nSPS) is 16.6. The molecule has 2 atom stereocenters. The van der Waals surface area contributed by atoms with Crippen molar-refractivity contribution < 1.29 is 19.1 Å². The third kappa shape index (κ3) is 4.58. The minimum atomic E-state index is -0.492. The molecule has 3 aromatic rings. The molecule has 2 aromatic heterocycles. The van der Waals surface area contributed by atoms with Crippen LogP contribution in [0.25, 0.3) is 11.4 Å². The lowest BCUT2D eigenvalue weighted by Gasteiger charge is -2.16. The molecule has 1 saturated carbocycles. The summed E-state index contributed by atoms with van der Waals surface area (Å²) in [7, 11) is 3.31. The number of aromatic nitrogens is 4. The average molecular weight is 463 g/mol. The van der Waals surface area contributed by atoms with Crippen LogP contribution in [0.2, 0.25) is 0 Å². The molecule has 4 N–H and O–H groups in total. The van der Waals surface area contributed by atoms with E-state index in [9.17, 15) is 14.4 Å². The predicted octanol–water partition coefficient (Wildman–Crippen LogP) is 2.28. The molecule has 0 spiro atoms. The Morgan fingerprint density at radius 2 is 2.00 bits per heavy atom. The molecule has 2 heterocycles. The molecule has 2 amide bonds. The highest BCUT2D eigenvalue weighted by molar-refractivity contribution is 6.03. The summed E-state index contributed by atoms with van der Waals surface area (Å²) in [6, 6.07) is 7.03. The molecule has 1 aliphatic carbocycles. The van der Waals surface area contributed by atoms with Crippen LogP contribution in [0.5, 0.6) is 5.75 Å². The predicted molar refractivity (Wildman–Crippen MR) is 125 cm³/mol. The summed E-state index contributed by atoms with van der Waals surface area (Å²) >= 11 is 0. The van der Waals surface area contributed by atoms with Crippen LogP contribution in [0.15, 0.2) is 36.8 Å². The van der Waals surface area contributed by atoms with Crippen LogP contribution in [0, 0.1) is 11.8 Å². The molecule has 4 rings (SSSR count). The standard InChI is InChI=1S/C23H25N7O4/c1-4-18(31)15-10-25-19(28-23(33)14-8-13(14)21(24)32)9-17(15)27-16-7-5-6-12(20(16)34-3)22-26-11-30(2)29-22/h5-7,9-11,13-14H,4,8H2,1-3H3,(H2,24,32)(H2,25,27,28,33)/t13-,14+/m0/s1. The van der Waals surface area contributed by atoms with Crippen LogP contribution < -0.4 is 21.1 Å². The molecule has 1 aliphatic rings. The first-order chi connectivity index (χ1) is 16.3. The van der Waals surface area contributed by atoms with Crippen LogP contribution in [0.4, 0.5) is 17.2 Å². The van der Waals surface area contributed by atoms with Gasteiger partial charge in [-0.3, -0.25) is 19.1 Å². The first kappa shape index (κ1) is 22.9. The Morgan fingerprint density at radius 1 is 1.21 bits per heavy atom. The van der Waals surface area contributed by atoms with Crippen molar-refractivity contribution in [3.05, 3.63) is 42.4 Å². The van der Waals surface area contributed by atoms with Gasteiger partial charge in [-0.15, -0.1) is 0 Å². The van der Waals surface area contributed by atoms with Crippen molar-refractivity contribution in [1.29, 1.82) is 0 Å². The molecule has 0 unspecified atom stereocenters. The zero-order valence-corrected chi connectivity index (χ0v) is 19.0. The van der Waals surface area contributed by atoms with E-state index in [0.29, 0.717) is 40.5 Å². The monoisotopic (exact) mass is 463 g/mol. The molecule has 0 bridgehead atoms. The van der Waals surface area contributed by atoms with Crippen LogP contribution in [0.1, 0.15) is 30.1 Å². The number of pyridine rings is 1. The Hall–Kier alpha value is -4.28. The molecule has 34 heavy (non-hydrogen) atoms. The number of ketones is 1. The first-order valence-electron chi connectivity index (χ1n) is 10.8. The number of nitrogens with zero attached hydrogens (tertiary/aromatic N) is 4. The van der Waals surface area contributed by atoms with E-state index in [4.69, 9.17) is 10.5 Å². The summed E-state index contributed by atoms with van der Waals surface area (Å²) in [5, 5.41) is 10.3. The minimum absolute atomic E-state index is 0.120. The van der Waals surface area contributed by atoms with E-state index in [1.165, 1.54) is 13.3 Å². The van der Waals surface area contributed by atoms with E-state index in [1.54, 1.807) is 37.1 Å². The number of nitrogens with one attached hydrogen (secondary N) is 2. The second kappa shape index (κ2) is 9.30. The highest BCUT2D eigenvalue weighted by Gasteiger charge is 2.47. The molecule has 0 aliphatic heterocycles. The van der Waals surface area contributed by atoms with Gasteiger partial charge in [-0.1, -0.05) is 13.0 Å². The number of ether oxygens (including phenoxy) is 1. The molecule has 0 radical (unpaired) electrons. The largest absolute Gasteiger partial charge is 0.494 e. The van der Waals surface area contributed by atoms with Crippen molar-refractivity contribution in [2.45, 2.75) is 19.8 Å². The van der Waals surface area contributed by atoms with Gasteiger partial charge >= 0.3 is 0 Å². The van der Waals surface area contributed by atoms with Gasteiger partial charge in [0.1, 0.15) is 12.1 Å². The summed E-state index contributed by atoms with van der Waals surface area (Å²) in [6.45, 7) is 1.76. The number of para-hydroxylation sites is 1. The van der Waals surface area contributed by atoms with Crippen LogP contribution in [-0.4, -0.2) is 44.5 Å². The lowest BCUT2D eigenvalue weighted by atomic mass is 10.1. The molecule has 11 heteroatoms. The Bertz CT molecular complexity index is 1270. The summed E-state index contributed by atoms with van der Waals surface area (Å²) in [6.07, 6.45) is 3.70. The Morgan fingerprint density at radius 3 is 2.62 bits per heavy atom. The van der Waals surface area contributed by atoms with E-state index < -0.39 is 17.7 Å². The van der Waals surface area contributed by atoms with Gasteiger partial charge in [0.15, 0.2) is 17.4 Å². The highest BCUT2D eigenvalue weighted by Crippen LogP contribution is 2.40. The molecule has 1 fully saturated rings. The van der Waals surface area contributed by atoms with Crippen LogP contribution in [-0.2, 0) is 16.6 Å². The fourth-order valence-corrected chi connectivity index (χ4v) is 3.70. The van der Waals surface area contributed by atoms with Gasteiger partial charge in [0.05, 0.1) is 41.4 Å². The Labute approximate surface area is 195 Å². The number of hydrogen-bond acceptors (Lipinski definition) is 8. The third-order valence-corrected chi connectivity index (χ3v) is 5.60. The number of hydrogen-bond donors (Lipinski definition) is 3. The summed E-state index contributed by atoms with van der Waals surface area (Å²) in [4.78, 5) is 44.8. The Balaban J connectivity index is 1.66. The SMILES string of the molecule is CCC(=O)c1cnc(NC(=O)[C@@H]2C[C@@H]2C(N)=O)cc1Nc1cccc(-c2ncn(C)n2)c1OC. The quantitative estimate of drug-likeness (QED) is 0.408. The Kier molecular flexibility index (Phi) is 6.26. The van der Waals surface area contributed by atoms with Crippen LogP contribution >= 0.6 is 0 Å². The fraction of sp³-hybridized carbons (Fsp3) is 0.304. The molecule has 176 valence electrons. The summed E-state index contributed by atoms with van der Waals surface area (Å²) in [5.41, 5.74) is 7.34. The number of methoxy groups -OCH3 is 1. The van der Waals surface area contributed by atoms with Crippen molar-refractivity contribution in [2.24, 2.45) is 24.6 Å². The molecule has 1 aromatic carbocycles. The van der Waals surface area contributed by atoms with Gasteiger partial charge < -0.3 is 21.1 Å². The number of rotatable bonds is 9. The van der Waals surface area contributed by atoms with Gasteiger partial charge in [0.2, 0.25) is 11.8 Å². The van der Waals surface area contributed by atoms with Gasteiger partial charge in [-0.05, 0) is 18.6 Å². The maximum atomic E-state index is 12.6. The molecule has 11 nitrogen and oxygen atoms in total. The van der Waals surface area contributed by atoms with Gasteiger partial charge in [-0.2, -0.15) is 5.10 Å². The van der Waals surface area contributed by atoms with Gasteiger partial charge in [-0.25, -0.2) is 9.97 Å².